The second-order valence-electron chi connectivity index (χ2n) is 5.45. The van der Waals surface area contributed by atoms with Gasteiger partial charge in [0.25, 0.3) is 15.6 Å². The number of benzene rings is 1. The fourth-order valence-corrected chi connectivity index (χ4v) is 3.99. The highest BCUT2D eigenvalue weighted by molar-refractivity contribution is 7.90. The van der Waals surface area contributed by atoms with E-state index in [0.29, 0.717) is 3.97 Å². The molecule has 8 heteroatoms. The summed E-state index contributed by atoms with van der Waals surface area (Å²) in [6.45, 7) is 1.81. The molecular formula is C16H14N2O5S. The van der Waals surface area contributed by atoms with Crippen LogP contribution in [0.1, 0.15) is 16.1 Å². The van der Waals surface area contributed by atoms with Crippen LogP contribution in [0.15, 0.2) is 52.3 Å². The summed E-state index contributed by atoms with van der Waals surface area (Å²) in [4.78, 5) is 23.8. The number of carboxylic acid groups (broad SMARTS) is 1. The number of rotatable bonds is 3. The molecule has 0 atom stereocenters. The van der Waals surface area contributed by atoms with Crippen LogP contribution in [0.4, 0.5) is 0 Å². The molecule has 0 fully saturated rings. The van der Waals surface area contributed by atoms with E-state index >= 15 is 0 Å². The Kier molecular flexibility index (Phi) is 3.56. The molecule has 3 rings (SSSR count). The number of pyridine rings is 1. The lowest BCUT2D eigenvalue weighted by atomic mass is 10.2. The summed E-state index contributed by atoms with van der Waals surface area (Å²) in [6.07, 6.45) is 1.46. The number of fused-ring (bicyclic) bond motifs is 1. The number of carboxylic acids is 1. The molecular weight excluding hydrogens is 332 g/mol. The zero-order valence-electron chi connectivity index (χ0n) is 12.9. The molecule has 3 aromatic rings. The van der Waals surface area contributed by atoms with Gasteiger partial charge in [-0.15, -0.1) is 0 Å². The molecule has 0 unspecified atom stereocenters. The maximum Gasteiger partial charge on any atom is 0.353 e. The molecule has 1 N–H and O–H groups in total. The Labute approximate surface area is 137 Å². The molecule has 0 amide bonds. The Morgan fingerprint density at radius 3 is 2.33 bits per heavy atom. The second-order valence-corrected chi connectivity index (χ2v) is 7.24. The molecule has 0 saturated heterocycles. The molecule has 0 aliphatic rings. The molecule has 0 aliphatic carbocycles. The first-order chi connectivity index (χ1) is 11.2. The maximum atomic E-state index is 13.0. The van der Waals surface area contributed by atoms with Gasteiger partial charge >= 0.3 is 5.97 Å². The minimum atomic E-state index is -4.23. The zero-order valence-corrected chi connectivity index (χ0v) is 13.7. The topological polar surface area (TPSA) is 98.4 Å². The van der Waals surface area contributed by atoms with E-state index < -0.39 is 27.2 Å². The van der Waals surface area contributed by atoms with Gasteiger partial charge in [0.2, 0.25) is 0 Å². The predicted octanol–water partition coefficient (Wildman–Crippen LogP) is 1.58. The minimum absolute atomic E-state index is 0.0843. The number of hydrogen-bond acceptors (Lipinski definition) is 4. The molecule has 24 heavy (non-hydrogen) atoms. The Balaban J connectivity index is 2.46. The van der Waals surface area contributed by atoms with Crippen LogP contribution in [0.25, 0.3) is 10.9 Å². The van der Waals surface area contributed by atoms with Crippen LogP contribution in [-0.2, 0) is 17.1 Å². The summed E-state index contributed by atoms with van der Waals surface area (Å²) in [5.74, 6) is -1.43. The van der Waals surface area contributed by atoms with Crippen molar-refractivity contribution < 1.29 is 18.3 Å². The summed E-state index contributed by atoms with van der Waals surface area (Å²) >= 11 is 0. The van der Waals surface area contributed by atoms with Crippen LogP contribution in [0, 0.1) is 6.92 Å². The number of aromatic carboxylic acids is 1. The Morgan fingerprint density at radius 1 is 1.12 bits per heavy atom. The fraction of sp³-hybridized carbons (Fsp3) is 0.125. The summed E-state index contributed by atoms with van der Waals surface area (Å²) in [5, 5.41) is 9.64. The van der Waals surface area contributed by atoms with Crippen molar-refractivity contribution in [1.82, 2.24) is 8.54 Å². The standard InChI is InChI=1S/C16H14N2O5S/c1-10-3-5-12(6-4-10)24(22,23)18-13(16(20)21)9-11-7-8-17(2)15(19)14(11)18/h3-9H,1-2H3,(H,20,21). The summed E-state index contributed by atoms with van der Waals surface area (Å²) < 4.78 is 27.7. The Hall–Kier alpha value is -2.87. The average Bonchev–Trinajstić information content (AvgIpc) is 2.93. The van der Waals surface area contributed by atoms with Gasteiger partial charge in [0, 0.05) is 18.6 Å². The monoisotopic (exact) mass is 346 g/mol. The lowest BCUT2D eigenvalue weighted by Gasteiger charge is -2.10. The van der Waals surface area contributed by atoms with E-state index in [4.69, 9.17) is 0 Å². The van der Waals surface area contributed by atoms with Crippen molar-refractivity contribution in [3.63, 3.8) is 0 Å². The molecule has 0 bridgehead atoms. The number of aromatic nitrogens is 2. The quantitative estimate of drug-likeness (QED) is 0.776. The lowest BCUT2D eigenvalue weighted by Crippen LogP contribution is -2.24. The summed E-state index contributed by atoms with van der Waals surface area (Å²) in [7, 11) is -2.76. The van der Waals surface area contributed by atoms with Gasteiger partial charge in [0.15, 0.2) is 0 Å². The van der Waals surface area contributed by atoms with Gasteiger partial charge in [-0.1, -0.05) is 17.7 Å². The first-order valence-electron chi connectivity index (χ1n) is 7.00. The van der Waals surface area contributed by atoms with Crippen LogP contribution < -0.4 is 5.56 Å². The molecule has 1 aromatic carbocycles. The average molecular weight is 346 g/mol. The summed E-state index contributed by atoms with van der Waals surface area (Å²) in [6, 6.07) is 8.68. The Morgan fingerprint density at radius 2 is 1.75 bits per heavy atom. The first kappa shape index (κ1) is 16.0. The molecule has 2 heterocycles. The van der Waals surface area contributed by atoms with E-state index in [1.165, 1.54) is 42.1 Å². The van der Waals surface area contributed by atoms with E-state index in [9.17, 15) is 23.1 Å². The number of nitrogens with zero attached hydrogens (tertiary/aromatic N) is 2. The van der Waals surface area contributed by atoms with E-state index in [-0.39, 0.29) is 15.8 Å². The highest BCUT2D eigenvalue weighted by Gasteiger charge is 2.28. The third kappa shape index (κ3) is 2.31. The fourth-order valence-electron chi connectivity index (χ4n) is 2.49. The normalized spacial score (nSPS) is 11.8. The largest absolute Gasteiger partial charge is 0.477 e. The van der Waals surface area contributed by atoms with E-state index in [1.54, 1.807) is 19.1 Å². The van der Waals surface area contributed by atoms with E-state index in [2.05, 4.69) is 0 Å². The van der Waals surface area contributed by atoms with Crippen molar-refractivity contribution in [2.45, 2.75) is 11.8 Å². The predicted molar refractivity (Wildman–Crippen MR) is 87.9 cm³/mol. The van der Waals surface area contributed by atoms with E-state index in [0.717, 1.165) is 5.56 Å². The van der Waals surface area contributed by atoms with Crippen LogP contribution in [-0.4, -0.2) is 28.0 Å². The van der Waals surface area contributed by atoms with Crippen molar-refractivity contribution in [3.05, 3.63) is 64.2 Å². The molecule has 0 spiro atoms. The number of aryl methyl sites for hydroxylation is 2. The van der Waals surface area contributed by atoms with Gasteiger partial charge in [-0.05, 0) is 31.2 Å². The highest BCUT2D eigenvalue weighted by Crippen LogP contribution is 2.24. The smallest absolute Gasteiger partial charge is 0.353 e. The van der Waals surface area contributed by atoms with Crippen LogP contribution >= 0.6 is 0 Å². The highest BCUT2D eigenvalue weighted by atomic mass is 32.2. The van der Waals surface area contributed by atoms with Crippen molar-refractivity contribution in [2.75, 3.05) is 0 Å². The molecule has 0 saturated carbocycles. The maximum absolute atomic E-state index is 13.0. The van der Waals surface area contributed by atoms with Gasteiger partial charge in [-0.3, -0.25) is 4.79 Å². The lowest BCUT2D eigenvalue weighted by molar-refractivity contribution is 0.0689. The Bertz CT molecular complexity index is 1120. The van der Waals surface area contributed by atoms with Crippen molar-refractivity contribution in [2.24, 2.45) is 7.05 Å². The van der Waals surface area contributed by atoms with Gasteiger partial charge in [-0.25, -0.2) is 17.2 Å². The zero-order chi connectivity index (χ0) is 17.6. The number of carbonyl (C=O) groups is 1. The molecule has 124 valence electrons. The SMILES string of the molecule is Cc1ccc(S(=O)(=O)n2c(C(=O)O)cc3ccn(C)c(=O)c32)cc1. The van der Waals surface area contributed by atoms with Crippen molar-refractivity contribution >= 4 is 26.9 Å². The van der Waals surface area contributed by atoms with Gasteiger partial charge in [0.05, 0.1) is 4.90 Å². The van der Waals surface area contributed by atoms with Gasteiger partial charge < -0.3 is 9.67 Å². The van der Waals surface area contributed by atoms with Crippen LogP contribution in [0.5, 0.6) is 0 Å². The number of hydrogen-bond donors (Lipinski definition) is 1. The third-order valence-electron chi connectivity index (χ3n) is 3.77. The molecule has 0 aliphatic heterocycles. The minimum Gasteiger partial charge on any atom is -0.477 e. The third-order valence-corrected chi connectivity index (χ3v) is 5.49. The molecule has 7 nitrogen and oxygen atoms in total. The first-order valence-corrected chi connectivity index (χ1v) is 8.44. The van der Waals surface area contributed by atoms with Crippen molar-refractivity contribution in [3.8, 4) is 0 Å². The van der Waals surface area contributed by atoms with Gasteiger partial charge in [0.1, 0.15) is 11.2 Å². The molecule has 2 aromatic heterocycles. The summed E-state index contributed by atoms with van der Waals surface area (Å²) in [5.41, 5.74) is -0.386. The van der Waals surface area contributed by atoms with Crippen LogP contribution in [0.3, 0.4) is 0 Å². The second kappa shape index (κ2) is 5.34. The van der Waals surface area contributed by atoms with E-state index in [1.807, 2.05) is 0 Å². The van der Waals surface area contributed by atoms with Crippen molar-refractivity contribution in [1.29, 1.82) is 0 Å². The van der Waals surface area contributed by atoms with Gasteiger partial charge in [-0.2, -0.15) is 0 Å². The van der Waals surface area contributed by atoms with Crippen LogP contribution in [0.2, 0.25) is 0 Å². The molecule has 0 radical (unpaired) electrons.